The minimum Gasteiger partial charge on any atom is -0.394 e. The molecule has 0 fully saturated rings. The van der Waals surface area contributed by atoms with E-state index in [1.165, 1.54) is 5.56 Å². The third-order valence-corrected chi connectivity index (χ3v) is 3.17. The van der Waals surface area contributed by atoms with Crippen molar-refractivity contribution in [3.8, 4) is 0 Å². The van der Waals surface area contributed by atoms with E-state index in [0.29, 0.717) is 19.8 Å². The third-order valence-electron chi connectivity index (χ3n) is 3.17. The molecule has 0 amide bonds. The summed E-state index contributed by atoms with van der Waals surface area (Å²) >= 11 is 0. The highest BCUT2D eigenvalue weighted by molar-refractivity contribution is 5.32. The Morgan fingerprint density at radius 3 is 2.63 bits per heavy atom. The van der Waals surface area contributed by atoms with Gasteiger partial charge in [0.15, 0.2) is 0 Å². The van der Waals surface area contributed by atoms with E-state index in [0.717, 1.165) is 11.1 Å². The zero-order valence-corrected chi connectivity index (χ0v) is 12.0. The van der Waals surface area contributed by atoms with Crippen molar-refractivity contribution in [3.05, 3.63) is 34.9 Å². The second kappa shape index (κ2) is 8.27. The lowest BCUT2D eigenvalue weighted by molar-refractivity contribution is 0.0848. The molecular weight excluding hydrogens is 242 g/mol. The van der Waals surface area contributed by atoms with Crippen molar-refractivity contribution in [2.45, 2.75) is 32.9 Å². The first-order chi connectivity index (χ1) is 9.06. The predicted octanol–water partition coefficient (Wildman–Crippen LogP) is 1.32. The van der Waals surface area contributed by atoms with Crippen LogP contribution >= 0.6 is 0 Å². The SMILES string of the molecule is Cc1ccc(C(O)C(C)NCCOCCO)c(C)c1. The molecule has 1 aromatic carbocycles. The highest BCUT2D eigenvalue weighted by atomic mass is 16.5. The molecule has 4 heteroatoms. The van der Waals surface area contributed by atoms with E-state index >= 15 is 0 Å². The lowest BCUT2D eigenvalue weighted by Crippen LogP contribution is -2.35. The molecule has 0 aliphatic carbocycles. The predicted molar refractivity (Wildman–Crippen MR) is 76.2 cm³/mol. The number of hydrogen-bond donors (Lipinski definition) is 3. The molecule has 4 nitrogen and oxygen atoms in total. The molecule has 0 aliphatic heterocycles. The summed E-state index contributed by atoms with van der Waals surface area (Å²) in [5, 5.41) is 22.1. The van der Waals surface area contributed by atoms with Crippen molar-refractivity contribution in [1.29, 1.82) is 0 Å². The fourth-order valence-electron chi connectivity index (χ4n) is 2.06. The van der Waals surface area contributed by atoms with Crippen LogP contribution in [0.3, 0.4) is 0 Å². The number of ether oxygens (including phenoxy) is 1. The maximum absolute atomic E-state index is 10.3. The van der Waals surface area contributed by atoms with Gasteiger partial charge in [0.25, 0.3) is 0 Å². The Morgan fingerprint density at radius 2 is 2.00 bits per heavy atom. The largest absolute Gasteiger partial charge is 0.394 e. The first-order valence-electron chi connectivity index (χ1n) is 6.73. The van der Waals surface area contributed by atoms with Crippen LogP contribution in [0.5, 0.6) is 0 Å². The van der Waals surface area contributed by atoms with Gasteiger partial charge in [-0.2, -0.15) is 0 Å². The summed E-state index contributed by atoms with van der Waals surface area (Å²) in [5.74, 6) is 0. The first kappa shape index (κ1) is 16.1. The summed E-state index contributed by atoms with van der Waals surface area (Å²) in [6.45, 7) is 7.60. The van der Waals surface area contributed by atoms with E-state index < -0.39 is 6.10 Å². The van der Waals surface area contributed by atoms with E-state index in [2.05, 4.69) is 11.4 Å². The zero-order valence-electron chi connectivity index (χ0n) is 12.0. The van der Waals surface area contributed by atoms with Gasteiger partial charge in [0, 0.05) is 12.6 Å². The molecule has 0 saturated heterocycles. The second-order valence-corrected chi connectivity index (χ2v) is 4.88. The molecule has 1 rings (SSSR count). The summed E-state index contributed by atoms with van der Waals surface area (Å²) in [7, 11) is 0. The second-order valence-electron chi connectivity index (χ2n) is 4.88. The normalized spacial score (nSPS) is 14.4. The minimum absolute atomic E-state index is 0.0424. The standard InChI is InChI=1S/C15H25NO3/c1-11-4-5-14(12(2)10-11)15(18)13(3)16-6-8-19-9-7-17/h4-5,10,13,15-18H,6-9H2,1-3H3. The number of nitrogens with one attached hydrogen (secondary N) is 1. The highest BCUT2D eigenvalue weighted by Gasteiger charge is 2.17. The number of aryl methyl sites for hydroxylation is 2. The summed E-state index contributed by atoms with van der Waals surface area (Å²) in [6, 6.07) is 6.03. The molecule has 0 spiro atoms. The number of aliphatic hydroxyl groups is 2. The number of aliphatic hydroxyl groups excluding tert-OH is 2. The molecule has 2 unspecified atom stereocenters. The van der Waals surface area contributed by atoms with Crippen molar-refractivity contribution in [2.75, 3.05) is 26.4 Å². The lowest BCUT2D eigenvalue weighted by Gasteiger charge is -2.22. The van der Waals surface area contributed by atoms with Crippen LogP contribution in [-0.4, -0.2) is 42.6 Å². The Hall–Kier alpha value is -0.940. The number of rotatable bonds is 8. The van der Waals surface area contributed by atoms with Crippen molar-refractivity contribution in [2.24, 2.45) is 0 Å². The van der Waals surface area contributed by atoms with Crippen molar-refractivity contribution in [3.63, 3.8) is 0 Å². The summed E-state index contributed by atoms with van der Waals surface area (Å²) < 4.78 is 5.16. The molecule has 3 N–H and O–H groups in total. The summed E-state index contributed by atoms with van der Waals surface area (Å²) in [6.07, 6.45) is -0.529. The van der Waals surface area contributed by atoms with Gasteiger partial charge < -0.3 is 20.3 Å². The van der Waals surface area contributed by atoms with Gasteiger partial charge in [-0.05, 0) is 31.9 Å². The van der Waals surface area contributed by atoms with Gasteiger partial charge in [-0.25, -0.2) is 0 Å². The lowest BCUT2D eigenvalue weighted by atomic mass is 9.97. The Morgan fingerprint density at radius 1 is 1.26 bits per heavy atom. The molecule has 19 heavy (non-hydrogen) atoms. The summed E-state index contributed by atoms with van der Waals surface area (Å²) in [4.78, 5) is 0. The minimum atomic E-state index is -0.529. The molecule has 1 aromatic rings. The molecule has 108 valence electrons. The fraction of sp³-hybridized carbons (Fsp3) is 0.600. The van der Waals surface area contributed by atoms with Gasteiger partial charge in [-0.1, -0.05) is 23.8 Å². The molecular formula is C15H25NO3. The van der Waals surface area contributed by atoms with E-state index in [4.69, 9.17) is 9.84 Å². The smallest absolute Gasteiger partial charge is 0.0942 e. The van der Waals surface area contributed by atoms with Gasteiger partial charge >= 0.3 is 0 Å². The van der Waals surface area contributed by atoms with Gasteiger partial charge in [0.05, 0.1) is 25.9 Å². The van der Waals surface area contributed by atoms with Gasteiger partial charge in [0.2, 0.25) is 0 Å². The molecule has 0 radical (unpaired) electrons. The van der Waals surface area contributed by atoms with E-state index in [1.807, 2.05) is 32.9 Å². The third kappa shape index (κ3) is 5.28. The molecule has 2 atom stereocenters. The Bertz CT molecular complexity index is 382. The van der Waals surface area contributed by atoms with Crippen LogP contribution in [0.4, 0.5) is 0 Å². The van der Waals surface area contributed by atoms with Crippen LogP contribution in [-0.2, 0) is 4.74 Å². The average molecular weight is 267 g/mol. The highest BCUT2D eigenvalue weighted by Crippen LogP contribution is 2.21. The van der Waals surface area contributed by atoms with Crippen molar-refractivity contribution >= 4 is 0 Å². The monoisotopic (exact) mass is 267 g/mol. The van der Waals surface area contributed by atoms with Crippen LogP contribution in [0, 0.1) is 13.8 Å². The quantitative estimate of drug-likeness (QED) is 0.622. The van der Waals surface area contributed by atoms with Crippen molar-refractivity contribution in [1.82, 2.24) is 5.32 Å². The molecule has 0 saturated carbocycles. The molecule has 0 aromatic heterocycles. The average Bonchev–Trinajstić information content (AvgIpc) is 2.37. The maximum Gasteiger partial charge on any atom is 0.0942 e. The van der Waals surface area contributed by atoms with Gasteiger partial charge in [-0.3, -0.25) is 0 Å². The molecule has 0 bridgehead atoms. The Labute approximate surface area is 115 Å². The van der Waals surface area contributed by atoms with E-state index in [-0.39, 0.29) is 12.6 Å². The molecule has 0 heterocycles. The number of hydrogen-bond acceptors (Lipinski definition) is 4. The van der Waals surface area contributed by atoms with Crippen molar-refractivity contribution < 1.29 is 14.9 Å². The summed E-state index contributed by atoms with van der Waals surface area (Å²) in [5.41, 5.74) is 3.27. The topological polar surface area (TPSA) is 61.7 Å². The maximum atomic E-state index is 10.3. The van der Waals surface area contributed by atoms with Crippen LogP contribution in [0.15, 0.2) is 18.2 Å². The zero-order chi connectivity index (χ0) is 14.3. The van der Waals surface area contributed by atoms with E-state index in [9.17, 15) is 5.11 Å². The van der Waals surface area contributed by atoms with Crippen LogP contribution < -0.4 is 5.32 Å². The first-order valence-corrected chi connectivity index (χ1v) is 6.73. The van der Waals surface area contributed by atoms with Crippen LogP contribution in [0.2, 0.25) is 0 Å². The van der Waals surface area contributed by atoms with Crippen LogP contribution in [0.1, 0.15) is 29.7 Å². The fourth-order valence-corrected chi connectivity index (χ4v) is 2.06. The van der Waals surface area contributed by atoms with E-state index in [1.54, 1.807) is 0 Å². The van der Waals surface area contributed by atoms with Gasteiger partial charge in [0.1, 0.15) is 0 Å². The Kier molecular flexibility index (Phi) is 7.02. The molecule has 0 aliphatic rings. The Balaban J connectivity index is 2.45. The van der Waals surface area contributed by atoms with Crippen LogP contribution in [0.25, 0.3) is 0 Å². The number of benzene rings is 1. The van der Waals surface area contributed by atoms with Gasteiger partial charge in [-0.15, -0.1) is 0 Å².